The van der Waals surface area contributed by atoms with Crippen LogP contribution in [0.3, 0.4) is 0 Å². The molecule has 0 aliphatic heterocycles. The SMILES string of the molecule is CC(=O)n1ccc(=O)c(O)c1C.Cc1occc(=O)c1OCc1ccccc1. The lowest BCUT2D eigenvalue weighted by Crippen LogP contribution is -2.14. The predicted molar refractivity (Wildman–Crippen MR) is 104 cm³/mol. The molecule has 0 atom stereocenters. The minimum absolute atomic E-state index is 0.153. The highest BCUT2D eigenvalue weighted by Gasteiger charge is 2.07. The Morgan fingerprint density at radius 2 is 1.75 bits per heavy atom. The second-order valence-corrected chi connectivity index (χ2v) is 5.95. The van der Waals surface area contributed by atoms with Crippen LogP contribution in [-0.4, -0.2) is 15.6 Å². The molecule has 7 nitrogen and oxygen atoms in total. The summed E-state index contributed by atoms with van der Waals surface area (Å²) in [4.78, 5) is 33.2. The number of aryl methyl sites for hydroxylation is 1. The molecule has 0 radical (unpaired) electrons. The maximum Gasteiger partial charge on any atom is 0.227 e. The van der Waals surface area contributed by atoms with Crippen molar-refractivity contribution >= 4 is 5.91 Å². The largest absolute Gasteiger partial charge is 0.503 e. The number of benzene rings is 1. The Bertz CT molecular complexity index is 1070. The molecule has 0 bridgehead atoms. The van der Waals surface area contributed by atoms with E-state index in [0.29, 0.717) is 12.4 Å². The number of ether oxygens (including phenoxy) is 1. The second-order valence-electron chi connectivity index (χ2n) is 5.95. The molecule has 0 aliphatic rings. The van der Waals surface area contributed by atoms with Crippen LogP contribution in [0, 0.1) is 13.8 Å². The van der Waals surface area contributed by atoms with Gasteiger partial charge in [0.15, 0.2) is 5.75 Å². The zero-order valence-electron chi connectivity index (χ0n) is 15.8. The fraction of sp³-hybridized carbons (Fsp3) is 0.190. The van der Waals surface area contributed by atoms with E-state index < -0.39 is 5.43 Å². The molecule has 2 aromatic heterocycles. The van der Waals surface area contributed by atoms with Crippen LogP contribution in [0.25, 0.3) is 0 Å². The van der Waals surface area contributed by atoms with Crippen LogP contribution < -0.4 is 15.6 Å². The van der Waals surface area contributed by atoms with Gasteiger partial charge < -0.3 is 14.3 Å². The minimum Gasteiger partial charge on any atom is -0.503 e. The van der Waals surface area contributed by atoms with Crippen molar-refractivity contribution in [3.05, 3.63) is 92.4 Å². The summed E-state index contributed by atoms with van der Waals surface area (Å²) in [5.41, 5.74) is 0.671. The standard InChI is InChI=1S/C13H12O3.C8H9NO3/c1-10-13(12(14)7-8-15-10)16-9-11-5-3-2-4-6-11;1-5-8(12)7(11)3-4-9(5)6(2)10/h2-8H,9H2,1H3;3-4,12H,1-2H3. The average Bonchev–Trinajstić information content (AvgIpc) is 2.67. The van der Waals surface area contributed by atoms with E-state index in [1.54, 1.807) is 6.92 Å². The van der Waals surface area contributed by atoms with Gasteiger partial charge in [-0.05, 0) is 19.4 Å². The Kier molecular flexibility index (Phi) is 6.92. The normalized spacial score (nSPS) is 9.96. The van der Waals surface area contributed by atoms with E-state index in [2.05, 4.69) is 0 Å². The molecule has 1 N–H and O–H groups in total. The number of nitrogens with zero attached hydrogens (tertiary/aromatic N) is 1. The molecule has 0 amide bonds. The fourth-order valence-corrected chi connectivity index (χ4v) is 2.37. The topological polar surface area (TPSA) is 98.7 Å². The third-order valence-electron chi connectivity index (χ3n) is 3.89. The van der Waals surface area contributed by atoms with Crippen LogP contribution >= 0.6 is 0 Å². The lowest BCUT2D eigenvalue weighted by Gasteiger charge is -2.06. The number of aromatic hydroxyl groups is 1. The number of hydrogen-bond donors (Lipinski definition) is 1. The van der Waals surface area contributed by atoms with Crippen molar-refractivity contribution in [1.82, 2.24) is 4.57 Å². The zero-order chi connectivity index (χ0) is 20.7. The summed E-state index contributed by atoms with van der Waals surface area (Å²) in [6.07, 6.45) is 2.72. The van der Waals surface area contributed by atoms with Crippen LogP contribution in [0.1, 0.15) is 28.7 Å². The van der Waals surface area contributed by atoms with E-state index in [4.69, 9.17) is 14.3 Å². The van der Waals surface area contributed by atoms with Crippen molar-refractivity contribution < 1.29 is 19.1 Å². The van der Waals surface area contributed by atoms with Gasteiger partial charge >= 0.3 is 0 Å². The summed E-state index contributed by atoms with van der Waals surface area (Å²) >= 11 is 0. The van der Waals surface area contributed by atoms with Gasteiger partial charge in [0.2, 0.25) is 22.5 Å². The predicted octanol–water partition coefficient (Wildman–Crippen LogP) is 3.05. The molecule has 0 saturated carbocycles. The van der Waals surface area contributed by atoms with Gasteiger partial charge in [-0.1, -0.05) is 30.3 Å². The van der Waals surface area contributed by atoms with Gasteiger partial charge in [-0.15, -0.1) is 0 Å². The van der Waals surface area contributed by atoms with Crippen molar-refractivity contribution in [2.45, 2.75) is 27.4 Å². The van der Waals surface area contributed by atoms with Gasteiger partial charge in [0.25, 0.3) is 0 Å². The Morgan fingerprint density at radius 1 is 1.07 bits per heavy atom. The molecular weight excluding hydrogens is 362 g/mol. The molecule has 0 aliphatic carbocycles. The average molecular weight is 383 g/mol. The van der Waals surface area contributed by atoms with Crippen molar-refractivity contribution in [2.24, 2.45) is 0 Å². The summed E-state index contributed by atoms with van der Waals surface area (Å²) in [6, 6.07) is 12.2. The maximum atomic E-state index is 11.5. The fourth-order valence-electron chi connectivity index (χ4n) is 2.37. The third kappa shape index (κ3) is 5.20. The van der Waals surface area contributed by atoms with Gasteiger partial charge in [0, 0.05) is 25.3 Å². The minimum atomic E-state index is -0.468. The van der Waals surface area contributed by atoms with Gasteiger partial charge in [0.05, 0.1) is 12.0 Å². The molecule has 146 valence electrons. The van der Waals surface area contributed by atoms with E-state index >= 15 is 0 Å². The number of rotatable bonds is 3. The van der Waals surface area contributed by atoms with Gasteiger partial charge in [-0.2, -0.15) is 0 Å². The summed E-state index contributed by atoms with van der Waals surface area (Å²) in [7, 11) is 0. The summed E-state index contributed by atoms with van der Waals surface area (Å²) < 4.78 is 11.8. The van der Waals surface area contributed by atoms with Crippen LogP contribution in [0.5, 0.6) is 11.5 Å². The number of hydrogen-bond acceptors (Lipinski definition) is 6. The van der Waals surface area contributed by atoms with Crippen molar-refractivity contribution in [2.75, 3.05) is 0 Å². The van der Waals surface area contributed by atoms with Crippen molar-refractivity contribution in [3.8, 4) is 11.5 Å². The highest BCUT2D eigenvalue weighted by molar-refractivity contribution is 5.77. The smallest absolute Gasteiger partial charge is 0.227 e. The monoisotopic (exact) mass is 383 g/mol. The Labute approximate surface area is 161 Å². The van der Waals surface area contributed by atoms with Crippen LogP contribution in [0.2, 0.25) is 0 Å². The molecule has 28 heavy (non-hydrogen) atoms. The van der Waals surface area contributed by atoms with Crippen LogP contribution in [0.4, 0.5) is 0 Å². The first-order valence-electron chi connectivity index (χ1n) is 8.48. The molecule has 1 aromatic carbocycles. The number of carbonyl (C=O) groups is 1. The zero-order valence-corrected chi connectivity index (χ0v) is 15.8. The Morgan fingerprint density at radius 3 is 2.36 bits per heavy atom. The number of pyridine rings is 1. The lowest BCUT2D eigenvalue weighted by atomic mass is 10.2. The first kappa shape index (κ1) is 20.7. The maximum absolute atomic E-state index is 11.5. The third-order valence-corrected chi connectivity index (χ3v) is 3.89. The molecule has 2 heterocycles. The molecule has 0 unspecified atom stereocenters. The molecule has 3 rings (SSSR count). The molecule has 3 aromatic rings. The van der Waals surface area contributed by atoms with E-state index in [1.165, 1.54) is 36.9 Å². The molecule has 0 fully saturated rings. The van der Waals surface area contributed by atoms with Gasteiger partial charge in [0.1, 0.15) is 12.4 Å². The highest BCUT2D eigenvalue weighted by atomic mass is 16.5. The van der Waals surface area contributed by atoms with E-state index in [0.717, 1.165) is 11.6 Å². The summed E-state index contributed by atoms with van der Waals surface area (Å²) in [5.74, 6) is 0.185. The quantitative estimate of drug-likeness (QED) is 0.746. The number of aromatic nitrogens is 1. The van der Waals surface area contributed by atoms with Crippen LogP contribution in [-0.2, 0) is 6.61 Å². The van der Waals surface area contributed by atoms with E-state index in [-0.39, 0.29) is 28.5 Å². The van der Waals surface area contributed by atoms with Gasteiger partial charge in [-0.3, -0.25) is 19.0 Å². The lowest BCUT2D eigenvalue weighted by molar-refractivity contribution is 0.0932. The first-order chi connectivity index (χ1) is 13.3. The molecule has 7 heteroatoms. The van der Waals surface area contributed by atoms with Gasteiger partial charge in [-0.25, -0.2) is 0 Å². The Balaban J connectivity index is 0.000000209. The van der Waals surface area contributed by atoms with Crippen molar-refractivity contribution in [1.29, 1.82) is 0 Å². The van der Waals surface area contributed by atoms with E-state index in [9.17, 15) is 14.4 Å². The first-order valence-corrected chi connectivity index (χ1v) is 8.48. The summed E-state index contributed by atoms with van der Waals surface area (Å²) in [6.45, 7) is 4.95. The molecular formula is C21H21NO6. The van der Waals surface area contributed by atoms with E-state index in [1.807, 2.05) is 30.3 Å². The Hall–Kier alpha value is -3.61. The second kappa shape index (κ2) is 9.36. The number of carbonyl (C=O) groups excluding carboxylic acids is 1. The molecule has 0 spiro atoms. The molecule has 0 saturated heterocycles. The van der Waals surface area contributed by atoms with Crippen molar-refractivity contribution in [3.63, 3.8) is 0 Å². The highest BCUT2D eigenvalue weighted by Crippen LogP contribution is 2.13. The summed E-state index contributed by atoms with van der Waals surface area (Å²) in [5, 5.41) is 9.15. The van der Waals surface area contributed by atoms with Crippen LogP contribution in [0.15, 0.2) is 68.9 Å².